The molecule has 0 fully saturated rings. The molecule has 0 aliphatic heterocycles. The minimum absolute atomic E-state index is 0.246. The molecule has 2 aromatic rings. The minimum atomic E-state index is 0.246. The summed E-state index contributed by atoms with van der Waals surface area (Å²) in [4.78, 5) is 0. The van der Waals surface area contributed by atoms with Gasteiger partial charge >= 0.3 is 0 Å². The second-order valence-electron chi connectivity index (χ2n) is 5.04. The average Bonchev–Trinajstić information content (AvgIpc) is 2.65. The highest BCUT2D eigenvalue weighted by Crippen LogP contribution is 2.30. The lowest BCUT2D eigenvalue weighted by atomic mass is 10.00. The van der Waals surface area contributed by atoms with E-state index >= 15 is 0 Å². The molecule has 1 atom stereocenters. The summed E-state index contributed by atoms with van der Waals surface area (Å²) in [6.45, 7) is 4.14. The first-order valence-electron chi connectivity index (χ1n) is 6.55. The summed E-state index contributed by atoms with van der Waals surface area (Å²) in [5.41, 5.74) is 4.78. The van der Waals surface area contributed by atoms with E-state index in [1.54, 1.807) is 0 Å². The third kappa shape index (κ3) is 3.15. The van der Waals surface area contributed by atoms with Crippen molar-refractivity contribution in [2.45, 2.75) is 26.3 Å². The fourth-order valence-electron chi connectivity index (χ4n) is 2.39. The fourth-order valence-corrected chi connectivity index (χ4v) is 3.41. The number of benzene rings is 1. The molecule has 1 unspecified atom stereocenters. The topological polar surface area (TPSA) is 29.9 Å². The molecule has 0 radical (unpaired) electrons. The van der Waals surface area contributed by atoms with Crippen molar-refractivity contribution in [3.8, 4) is 0 Å². The Balaban J connectivity index is 2.36. The Morgan fingerprint density at radius 2 is 2.00 bits per heavy atom. The number of hydrogen-bond donors (Lipinski definition) is 1. The maximum absolute atomic E-state index is 4.46. The van der Waals surface area contributed by atoms with Crippen molar-refractivity contribution in [1.29, 1.82) is 0 Å². The lowest BCUT2D eigenvalue weighted by Gasteiger charge is -2.19. The molecule has 0 aliphatic carbocycles. The summed E-state index contributed by atoms with van der Waals surface area (Å²) < 4.78 is 4.19. The lowest BCUT2D eigenvalue weighted by molar-refractivity contribution is 0.558. The van der Waals surface area contributed by atoms with Crippen molar-refractivity contribution >= 4 is 31.9 Å². The van der Waals surface area contributed by atoms with Gasteiger partial charge in [0.25, 0.3) is 0 Å². The van der Waals surface area contributed by atoms with Crippen molar-refractivity contribution in [2.75, 3.05) is 7.05 Å². The maximum atomic E-state index is 4.46. The molecule has 0 saturated carbocycles. The van der Waals surface area contributed by atoms with Crippen LogP contribution in [-0.2, 0) is 13.5 Å². The van der Waals surface area contributed by atoms with Crippen LogP contribution in [0.2, 0.25) is 0 Å². The lowest BCUT2D eigenvalue weighted by Crippen LogP contribution is -2.21. The van der Waals surface area contributed by atoms with Crippen molar-refractivity contribution in [2.24, 2.45) is 7.05 Å². The highest BCUT2D eigenvalue weighted by Gasteiger charge is 2.19. The summed E-state index contributed by atoms with van der Waals surface area (Å²) in [5, 5.41) is 7.87. The van der Waals surface area contributed by atoms with Crippen LogP contribution in [-0.4, -0.2) is 16.8 Å². The molecule has 20 heavy (non-hydrogen) atoms. The number of likely N-dealkylation sites (N-methyl/N-ethyl adjacent to an activating group) is 1. The van der Waals surface area contributed by atoms with E-state index in [-0.39, 0.29) is 6.04 Å². The van der Waals surface area contributed by atoms with Gasteiger partial charge in [-0.1, -0.05) is 33.6 Å². The smallest absolute Gasteiger partial charge is 0.0738 e. The number of halogens is 2. The summed E-state index contributed by atoms with van der Waals surface area (Å²) in [6.07, 6.45) is 0.885. The van der Waals surface area contributed by atoms with Crippen LogP contribution in [0.3, 0.4) is 0 Å². The zero-order chi connectivity index (χ0) is 14.9. The van der Waals surface area contributed by atoms with Crippen molar-refractivity contribution in [3.63, 3.8) is 0 Å². The van der Waals surface area contributed by atoms with E-state index in [0.29, 0.717) is 0 Å². The predicted octanol–water partition coefficient (Wildman–Crippen LogP) is 4.07. The maximum Gasteiger partial charge on any atom is 0.0738 e. The Hall–Kier alpha value is -0.650. The zero-order valence-electron chi connectivity index (χ0n) is 12.2. The Labute approximate surface area is 137 Å². The van der Waals surface area contributed by atoms with Crippen LogP contribution in [0.25, 0.3) is 0 Å². The summed E-state index contributed by atoms with van der Waals surface area (Å²) >= 11 is 7.29. The second kappa shape index (κ2) is 6.41. The standard InChI is InChI=1S/C15H19Br2N3/c1-9-5-6-12(16)11(7-9)13(18-3)8-14-15(17)10(2)19-20(14)4/h5-7,13,18H,8H2,1-4H3. The third-order valence-electron chi connectivity index (χ3n) is 3.53. The Kier molecular flexibility index (Phi) is 5.04. The van der Waals surface area contributed by atoms with E-state index in [0.717, 1.165) is 21.1 Å². The first kappa shape index (κ1) is 15.7. The number of aromatic nitrogens is 2. The summed E-state index contributed by atoms with van der Waals surface area (Å²) in [7, 11) is 3.99. The van der Waals surface area contributed by atoms with E-state index in [2.05, 4.69) is 67.4 Å². The number of aryl methyl sites for hydroxylation is 3. The molecule has 2 rings (SSSR count). The summed E-state index contributed by atoms with van der Waals surface area (Å²) in [5.74, 6) is 0. The van der Waals surface area contributed by atoms with Gasteiger partial charge in [-0.25, -0.2) is 0 Å². The van der Waals surface area contributed by atoms with E-state index in [4.69, 9.17) is 0 Å². The number of nitrogens with one attached hydrogen (secondary N) is 1. The molecule has 0 saturated heterocycles. The Morgan fingerprint density at radius 3 is 2.55 bits per heavy atom. The van der Waals surface area contributed by atoms with E-state index in [1.165, 1.54) is 16.8 Å². The number of hydrogen-bond acceptors (Lipinski definition) is 2. The van der Waals surface area contributed by atoms with Gasteiger partial charge in [0.1, 0.15) is 0 Å². The van der Waals surface area contributed by atoms with Gasteiger partial charge in [0.05, 0.1) is 15.9 Å². The monoisotopic (exact) mass is 399 g/mol. The molecule has 0 bridgehead atoms. The average molecular weight is 401 g/mol. The van der Waals surface area contributed by atoms with Crippen molar-refractivity contribution < 1.29 is 0 Å². The van der Waals surface area contributed by atoms with Gasteiger partial charge in [0.15, 0.2) is 0 Å². The number of rotatable bonds is 4. The molecule has 1 aromatic heterocycles. The third-order valence-corrected chi connectivity index (χ3v) is 5.29. The second-order valence-corrected chi connectivity index (χ2v) is 6.69. The fraction of sp³-hybridized carbons (Fsp3) is 0.400. The van der Waals surface area contributed by atoms with Gasteiger partial charge in [-0.2, -0.15) is 5.10 Å². The van der Waals surface area contributed by atoms with Crippen molar-refractivity contribution in [3.05, 3.63) is 49.7 Å². The molecular weight excluding hydrogens is 382 g/mol. The van der Waals surface area contributed by atoms with Gasteiger partial charge in [-0.05, 0) is 48.5 Å². The molecule has 0 aliphatic rings. The van der Waals surface area contributed by atoms with Crippen LogP contribution >= 0.6 is 31.9 Å². The molecule has 108 valence electrons. The molecule has 5 heteroatoms. The number of nitrogens with zero attached hydrogens (tertiary/aromatic N) is 2. The highest BCUT2D eigenvalue weighted by molar-refractivity contribution is 9.10. The first-order chi connectivity index (χ1) is 9.43. The predicted molar refractivity (Wildman–Crippen MR) is 90.0 cm³/mol. The van der Waals surface area contributed by atoms with Crippen LogP contribution in [0.15, 0.2) is 27.1 Å². The zero-order valence-corrected chi connectivity index (χ0v) is 15.3. The van der Waals surface area contributed by atoms with E-state index in [1.807, 2.05) is 25.7 Å². The van der Waals surface area contributed by atoms with E-state index < -0.39 is 0 Å². The molecule has 1 heterocycles. The SMILES string of the molecule is CNC(Cc1c(Br)c(C)nn1C)c1cc(C)ccc1Br. The van der Waals surface area contributed by atoms with Crippen molar-refractivity contribution in [1.82, 2.24) is 15.1 Å². The van der Waals surface area contributed by atoms with Gasteiger partial charge in [-0.3, -0.25) is 4.68 Å². The van der Waals surface area contributed by atoms with Crippen LogP contribution in [0.5, 0.6) is 0 Å². The minimum Gasteiger partial charge on any atom is -0.313 e. The van der Waals surface area contributed by atoms with Gasteiger partial charge in [-0.15, -0.1) is 0 Å². The first-order valence-corrected chi connectivity index (χ1v) is 8.14. The normalized spacial score (nSPS) is 12.7. The molecule has 0 amide bonds. The molecule has 0 spiro atoms. The van der Waals surface area contributed by atoms with Crippen LogP contribution < -0.4 is 5.32 Å². The molecule has 3 nitrogen and oxygen atoms in total. The van der Waals surface area contributed by atoms with Gasteiger partial charge < -0.3 is 5.32 Å². The largest absolute Gasteiger partial charge is 0.313 e. The summed E-state index contributed by atoms with van der Waals surface area (Å²) in [6, 6.07) is 6.70. The molecule has 1 aromatic carbocycles. The van der Waals surface area contributed by atoms with Crippen LogP contribution in [0.1, 0.15) is 28.6 Å². The van der Waals surface area contributed by atoms with E-state index in [9.17, 15) is 0 Å². The Morgan fingerprint density at radius 1 is 1.30 bits per heavy atom. The highest BCUT2D eigenvalue weighted by atomic mass is 79.9. The quantitative estimate of drug-likeness (QED) is 0.838. The Bertz CT molecular complexity index is 620. The molecular formula is C15H19Br2N3. The van der Waals surface area contributed by atoms with Crippen LogP contribution in [0.4, 0.5) is 0 Å². The molecule has 1 N–H and O–H groups in total. The van der Waals surface area contributed by atoms with Gasteiger partial charge in [0, 0.05) is 24.0 Å². The van der Waals surface area contributed by atoms with Gasteiger partial charge in [0.2, 0.25) is 0 Å². The van der Waals surface area contributed by atoms with Crippen LogP contribution in [0, 0.1) is 13.8 Å².